The summed E-state index contributed by atoms with van der Waals surface area (Å²) in [5.41, 5.74) is 5.23. The van der Waals surface area contributed by atoms with Crippen molar-refractivity contribution < 1.29 is 14.4 Å². The lowest BCUT2D eigenvalue weighted by Crippen LogP contribution is -2.49. The fraction of sp³-hybridized carbons (Fsp3) is 0.842. The first-order valence-electron chi connectivity index (χ1n) is 10.1. The Kier molecular flexibility index (Phi) is 11.7. The second kappa shape index (κ2) is 13.6. The highest BCUT2D eigenvalue weighted by molar-refractivity contribution is 5.91. The van der Waals surface area contributed by atoms with Crippen molar-refractivity contribution in [1.82, 2.24) is 16.0 Å². The van der Waals surface area contributed by atoms with Crippen molar-refractivity contribution in [1.29, 1.82) is 0 Å². The molecule has 0 aromatic carbocycles. The Morgan fingerprint density at radius 3 is 2.46 bits per heavy atom. The molecule has 0 saturated carbocycles. The Morgan fingerprint density at radius 1 is 1.12 bits per heavy atom. The summed E-state index contributed by atoms with van der Waals surface area (Å²) in [4.78, 5) is 35.6. The molecule has 0 aromatic heterocycles. The summed E-state index contributed by atoms with van der Waals surface area (Å²) in [6, 6.07) is -0.872. The van der Waals surface area contributed by atoms with Gasteiger partial charge in [-0.3, -0.25) is 14.4 Å². The van der Waals surface area contributed by atoms with E-state index in [0.29, 0.717) is 18.9 Å². The zero-order chi connectivity index (χ0) is 19.2. The zero-order valence-electron chi connectivity index (χ0n) is 16.1. The third-order valence-corrected chi connectivity index (χ3v) is 4.87. The molecule has 26 heavy (non-hydrogen) atoms. The van der Waals surface area contributed by atoms with Crippen LogP contribution in [0.4, 0.5) is 0 Å². The second-order valence-corrected chi connectivity index (χ2v) is 7.23. The lowest BCUT2D eigenvalue weighted by atomic mass is 9.95. The first-order chi connectivity index (χ1) is 12.5. The van der Waals surface area contributed by atoms with Gasteiger partial charge in [0.15, 0.2) is 0 Å². The molecule has 1 saturated heterocycles. The highest BCUT2D eigenvalue weighted by atomic mass is 16.2. The van der Waals surface area contributed by atoms with Crippen LogP contribution in [0.25, 0.3) is 0 Å². The Morgan fingerprint density at radius 2 is 1.81 bits per heavy atom. The molecule has 0 aromatic rings. The number of amides is 3. The molecule has 7 nitrogen and oxygen atoms in total. The summed E-state index contributed by atoms with van der Waals surface area (Å²) < 4.78 is 0. The van der Waals surface area contributed by atoms with Gasteiger partial charge in [-0.2, -0.15) is 0 Å². The number of carbonyl (C=O) groups is 3. The summed E-state index contributed by atoms with van der Waals surface area (Å²) in [6.07, 6.45) is 8.62. The van der Waals surface area contributed by atoms with Crippen molar-refractivity contribution in [2.24, 2.45) is 11.7 Å². The molecule has 0 spiro atoms. The van der Waals surface area contributed by atoms with Crippen LogP contribution in [-0.2, 0) is 14.4 Å². The highest BCUT2D eigenvalue weighted by Crippen LogP contribution is 2.14. The highest BCUT2D eigenvalue weighted by Gasteiger charge is 2.23. The number of rotatable bonds is 13. The number of piperidine rings is 1. The minimum Gasteiger partial charge on any atom is -0.370 e. The number of nitrogens with one attached hydrogen (secondary N) is 3. The van der Waals surface area contributed by atoms with Gasteiger partial charge in [0, 0.05) is 13.0 Å². The first kappa shape index (κ1) is 22.4. The molecule has 0 bridgehead atoms. The van der Waals surface area contributed by atoms with E-state index in [9.17, 15) is 14.4 Å². The van der Waals surface area contributed by atoms with Crippen LogP contribution < -0.4 is 21.7 Å². The number of carbonyl (C=O) groups excluding carboxylic acids is 3. The molecule has 0 radical (unpaired) electrons. The van der Waals surface area contributed by atoms with Gasteiger partial charge in [-0.15, -0.1) is 0 Å². The van der Waals surface area contributed by atoms with Crippen molar-refractivity contribution in [2.45, 2.75) is 77.2 Å². The Bertz CT molecular complexity index is 437. The van der Waals surface area contributed by atoms with Gasteiger partial charge in [0.25, 0.3) is 0 Å². The average Bonchev–Trinajstić information content (AvgIpc) is 2.61. The monoisotopic (exact) mass is 368 g/mol. The van der Waals surface area contributed by atoms with Gasteiger partial charge >= 0.3 is 0 Å². The Hall–Kier alpha value is -1.63. The van der Waals surface area contributed by atoms with Gasteiger partial charge in [-0.1, -0.05) is 32.6 Å². The SMILES string of the molecule is CCCCCCCC(=O)NC(CC(N)=O)C(=O)NCCC1CCNCC1. The minimum atomic E-state index is -0.872. The van der Waals surface area contributed by atoms with Gasteiger partial charge in [0.05, 0.1) is 6.42 Å². The van der Waals surface area contributed by atoms with Crippen LogP contribution in [-0.4, -0.2) is 43.4 Å². The zero-order valence-corrected chi connectivity index (χ0v) is 16.1. The maximum absolute atomic E-state index is 12.3. The van der Waals surface area contributed by atoms with E-state index in [-0.39, 0.29) is 18.2 Å². The lowest BCUT2D eigenvalue weighted by molar-refractivity contribution is -0.131. The van der Waals surface area contributed by atoms with Gasteiger partial charge < -0.3 is 21.7 Å². The molecule has 1 aliphatic rings. The van der Waals surface area contributed by atoms with Crippen LogP contribution in [0.2, 0.25) is 0 Å². The summed E-state index contributed by atoms with van der Waals surface area (Å²) in [5, 5.41) is 8.83. The third kappa shape index (κ3) is 10.4. The normalized spacial score (nSPS) is 16.0. The molecular formula is C19H36N4O3. The van der Waals surface area contributed by atoms with E-state index in [2.05, 4.69) is 22.9 Å². The number of hydrogen-bond donors (Lipinski definition) is 4. The standard InChI is InChI=1S/C19H36N4O3/c1-2-3-4-5-6-7-18(25)23-16(14-17(20)24)19(26)22-13-10-15-8-11-21-12-9-15/h15-16,21H,2-14H2,1H3,(H2,20,24)(H,22,26)(H,23,25). The third-order valence-electron chi connectivity index (χ3n) is 4.87. The van der Waals surface area contributed by atoms with E-state index in [1.165, 1.54) is 6.42 Å². The van der Waals surface area contributed by atoms with Crippen LogP contribution in [0.15, 0.2) is 0 Å². The first-order valence-corrected chi connectivity index (χ1v) is 10.1. The van der Waals surface area contributed by atoms with Crippen LogP contribution >= 0.6 is 0 Å². The second-order valence-electron chi connectivity index (χ2n) is 7.23. The van der Waals surface area contributed by atoms with E-state index in [1.54, 1.807) is 0 Å². The fourth-order valence-electron chi connectivity index (χ4n) is 3.26. The van der Waals surface area contributed by atoms with E-state index in [1.807, 2.05) is 0 Å². The largest absolute Gasteiger partial charge is 0.370 e. The predicted molar refractivity (Wildman–Crippen MR) is 102 cm³/mol. The van der Waals surface area contributed by atoms with Crippen LogP contribution in [0, 0.1) is 5.92 Å². The van der Waals surface area contributed by atoms with Gasteiger partial charge in [-0.05, 0) is 44.7 Å². The topological polar surface area (TPSA) is 113 Å². The van der Waals surface area contributed by atoms with Crippen LogP contribution in [0.5, 0.6) is 0 Å². The lowest BCUT2D eigenvalue weighted by Gasteiger charge is -2.23. The molecule has 1 fully saturated rings. The summed E-state index contributed by atoms with van der Waals surface area (Å²) >= 11 is 0. The minimum absolute atomic E-state index is 0.166. The number of nitrogens with two attached hydrogens (primary N) is 1. The quantitative estimate of drug-likeness (QED) is 0.366. The molecule has 7 heteroatoms. The molecule has 0 aliphatic carbocycles. The van der Waals surface area contributed by atoms with Crippen molar-refractivity contribution in [3.05, 3.63) is 0 Å². The molecule has 5 N–H and O–H groups in total. The smallest absolute Gasteiger partial charge is 0.243 e. The summed E-state index contributed by atoms with van der Waals surface area (Å²) in [5.74, 6) is -0.492. The maximum Gasteiger partial charge on any atom is 0.243 e. The Balaban J connectivity index is 2.32. The molecule has 1 rings (SSSR count). The average molecular weight is 369 g/mol. The molecule has 3 amide bonds. The van der Waals surface area contributed by atoms with E-state index >= 15 is 0 Å². The predicted octanol–water partition coefficient (Wildman–Crippen LogP) is 1.21. The van der Waals surface area contributed by atoms with E-state index in [4.69, 9.17) is 5.73 Å². The summed E-state index contributed by atoms with van der Waals surface area (Å²) in [7, 11) is 0. The Labute approximate surface area is 157 Å². The number of unbranched alkanes of at least 4 members (excludes halogenated alkanes) is 4. The van der Waals surface area contributed by atoms with Crippen LogP contribution in [0.3, 0.4) is 0 Å². The van der Waals surface area contributed by atoms with Gasteiger partial charge in [0.2, 0.25) is 17.7 Å². The van der Waals surface area contributed by atoms with E-state index < -0.39 is 11.9 Å². The van der Waals surface area contributed by atoms with Crippen LogP contribution in [0.1, 0.15) is 71.1 Å². The number of hydrogen-bond acceptors (Lipinski definition) is 4. The molecule has 1 atom stereocenters. The van der Waals surface area contributed by atoms with Crippen molar-refractivity contribution >= 4 is 17.7 Å². The maximum atomic E-state index is 12.3. The molecule has 1 aliphatic heterocycles. The van der Waals surface area contributed by atoms with Gasteiger partial charge in [0.1, 0.15) is 6.04 Å². The molecular weight excluding hydrogens is 332 g/mol. The molecule has 1 unspecified atom stereocenters. The van der Waals surface area contributed by atoms with Crippen molar-refractivity contribution in [2.75, 3.05) is 19.6 Å². The number of primary amides is 1. The van der Waals surface area contributed by atoms with Gasteiger partial charge in [-0.25, -0.2) is 0 Å². The van der Waals surface area contributed by atoms with E-state index in [0.717, 1.165) is 58.0 Å². The molecule has 150 valence electrons. The fourth-order valence-corrected chi connectivity index (χ4v) is 3.26. The summed E-state index contributed by atoms with van der Waals surface area (Å²) in [6.45, 7) is 4.75. The molecule has 1 heterocycles. The van der Waals surface area contributed by atoms with Crippen molar-refractivity contribution in [3.63, 3.8) is 0 Å². The van der Waals surface area contributed by atoms with Crippen molar-refractivity contribution in [3.8, 4) is 0 Å².